The van der Waals surface area contributed by atoms with Crippen LogP contribution in [0, 0.1) is 0 Å². The van der Waals surface area contributed by atoms with Gasteiger partial charge in [-0.05, 0) is 105 Å². The number of rotatable bonds is 7. The first kappa shape index (κ1) is 35.2. The van der Waals surface area contributed by atoms with E-state index < -0.39 is 0 Å². The highest BCUT2D eigenvalue weighted by molar-refractivity contribution is 7.25. The van der Waals surface area contributed by atoms with E-state index in [0.29, 0.717) is 0 Å². The second-order valence-corrected chi connectivity index (χ2v) is 16.8. The minimum absolute atomic E-state index is 1.08. The Kier molecular flexibility index (Phi) is 8.39. The zero-order valence-corrected chi connectivity index (χ0v) is 34.1. The molecule has 0 radical (unpaired) electrons. The second kappa shape index (κ2) is 14.5. The third kappa shape index (κ3) is 5.93. The maximum atomic E-state index is 2.44. The topological polar surface area (TPSA) is 8.17 Å². The fourth-order valence-corrected chi connectivity index (χ4v) is 10.6. The van der Waals surface area contributed by atoms with Gasteiger partial charge in [0.05, 0.1) is 16.7 Å². The predicted octanol–water partition coefficient (Wildman–Crippen LogP) is 16.8. The number of para-hydroxylation sites is 3. The molecule has 0 aliphatic heterocycles. The van der Waals surface area contributed by atoms with Crippen molar-refractivity contribution in [2.24, 2.45) is 0 Å². The van der Waals surface area contributed by atoms with Crippen molar-refractivity contribution in [3.8, 4) is 39.1 Å². The van der Waals surface area contributed by atoms with Gasteiger partial charge in [0.2, 0.25) is 0 Å². The summed E-state index contributed by atoms with van der Waals surface area (Å²) in [7, 11) is 0. The summed E-state index contributed by atoms with van der Waals surface area (Å²) in [5.74, 6) is 0. The quantitative estimate of drug-likeness (QED) is 0.156. The maximum Gasteiger partial charge on any atom is 0.0541 e. The summed E-state index contributed by atoms with van der Waals surface area (Å²) < 4.78 is 5.00. The molecule has 0 spiro atoms. The van der Waals surface area contributed by atoms with Gasteiger partial charge in [-0.2, -0.15) is 0 Å². The Hall–Kier alpha value is -7.72. The molecule has 0 atom stereocenters. The van der Waals surface area contributed by atoms with Gasteiger partial charge in [-0.1, -0.05) is 164 Å². The average molecular weight is 795 g/mol. The van der Waals surface area contributed by atoms with Crippen molar-refractivity contribution in [2.45, 2.75) is 0 Å². The molecule has 0 aliphatic carbocycles. The van der Waals surface area contributed by atoms with Crippen molar-refractivity contribution in [1.82, 2.24) is 4.57 Å². The van der Waals surface area contributed by atoms with Crippen molar-refractivity contribution in [1.29, 1.82) is 0 Å². The molecular weight excluding hydrogens is 757 g/mol. The van der Waals surface area contributed by atoms with Gasteiger partial charge in [0, 0.05) is 53.6 Å². The van der Waals surface area contributed by atoms with Crippen LogP contribution in [-0.4, -0.2) is 4.57 Å². The Morgan fingerprint density at radius 2 is 0.934 bits per heavy atom. The molecule has 0 amide bonds. The Balaban J connectivity index is 1.03. The van der Waals surface area contributed by atoms with Crippen LogP contribution in [0.25, 0.3) is 91.8 Å². The van der Waals surface area contributed by atoms with Crippen LogP contribution in [0.1, 0.15) is 0 Å². The van der Waals surface area contributed by atoms with Crippen molar-refractivity contribution in [3.05, 3.63) is 231 Å². The van der Waals surface area contributed by atoms with E-state index in [1.807, 2.05) is 11.3 Å². The Morgan fingerprint density at radius 3 is 1.77 bits per heavy atom. The molecule has 2 heterocycles. The zero-order chi connectivity index (χ0) is 40.3. The molecular formula is C58H38N2S. The minimum Gasteiger partial charge on any atom is -0.310 e. The molecule has 2 nitrogen and oxygen atoms in total. The Bertz CT molecular complexity index is 3550. The molecule has 12 aromatic rings. The van der Waals surface area contributed by atoms with Gasteiger partial charge in [-0.3, -0.25) is 0 Å². The molecule has 0 saturated heterocycles. The van der Waals surface area contributed by atoms with Gasteiger partial charge in [-0.15, -0.1) is 11.3 Å². The van der Waals surface area contributed by atoms with Crippen LogP contribution in [0.3, 0.4) is 0 Å². The van der Waals surface area contributed by atoms with Crippen LogP contribution in [0.2, 0.25) is 0 Å². The Morgan fingerprint density at radius 1 is 0.344 bits per heavy atom. The Labute approximate surface area is 358 Å². The van der Waals surface area contributed by atoms with Gasteiger partial charge in [0.25, 0.3) is 0 Å². The number of hydrogen-bond acceptors (Lipinski definition) is 2. The van der Waals surface area contributed by atoms with Crippen LogP contribution in [0.5, 0.6) is 0 Å². The van der Waals surface area contributed by atoms with E-state index in [0.717, 1.165) is 22.7 Å². The van der Waals surface area contributed by atoms with Gasteiger partial charge < -0.3 is 9.47 Å². The zero-order valence-electron chi connectivity index (χ0n) is 33.2. The first-order chi connectivity index (χ1) is 30.3. The number of anilines is 3. The summed E-state index contributed by atoms with van der Waals surface area (Å²) in [6.07, 6.45) is 0. The summed E-state index contributed by atoms with van der Waals surface area (Å²) >= 11 is 1.86. The van der Waals surface area contributed by atoms with E-state index in [1.165, 1.54) is 86.1 Å². The van der Waals surface area contributed by atoms with E-state index in [4.69, 9.17) is 0 Å². The fraction of sp³-hybridized carbons (Fsp3) is 0. The summed E-state index contributed by atoms with van der Waals surface area (Å²) in [6, 6.07) is 84.2. The first-order valence-electron chi connectivity index (χ1n) is 20.8. The molecule has 3 heteroatoms. The van der Waals surface area contributed by atoms with E-state index >= 15 is 0 Å². The largest absolute Gasteiger partial charge is 0.310 e. The van der Waals surface area contributed by atoms with Crippen molar-refractivity contribution >= 4 is 81.1 Å². The summed E-state index contributed by atoms with van der Waals surface area (Å²) in [5.41, 5.74) is 14.0. The van der Waals surface area contributed by atoms with Gasteiger partial charge in [-0.25, -0.2) is 0 Å². The third-order valence-electron chi connectivity index (χ3n) is 12.2. The number of nitrogens with zero attached hydrogens (tertiary/aromatic N) is 2. The van der Waals surface area contributed by atoms with Crippen molar-refractivity contribution in [3.63, 3.8) is 0 Å². The molecule has 0 N–H and O–H groups in total. The summed E-state index contributed by atoms with van der Waals surface area (Å²) in [4.78, 5) is 2.44. The molecule has 0 fully saturated rings. The lowest BCUT2D eigenvalue weighted by Crippen LogP contribution is -2.12. The van der Waals surface area contributed by atoms with Crippen LogP contribution in [0.15, 0.2) is 231 Å². The molecule has 286 valence electrons. The predicted molar refractivity (Wildman–Crippen MR) is 262 cm³/mol. The van der Waals surface area contributed by atoms with Crippen LogP contribution < -0.4 is 4.90 Å². The standard InChI is InChI=1S/C58H38N2S/c1-2-21-46-40(15-1)16-12-26-47(46)42-18-11-17-41(37-42)39-33-35-43(36-34-39)59(44-19-13-20-45(38-44)60-54-29-8-3-22-48(54)49-23-4-9-30-55(49)60)53-28-7-5-24-50(53)51-27-14-32-57-58(51)52-25-6-10-31-56(52)61-57/h1-38H. The van der Waals surface area contributed by atoms with Gasteiger partial charge >= 0.3 is 0 Å². The van der Waals surface area contributed by atoms with E-state index in [-0.39, 0.29) is 0 Å². The summed E-state index contributed by atoms with van der Waals surface area (Å²) in [5, 5.41) is 7.62. The monoisotopic (exact) mass is 794 g/mol. The molecule has 0 aliphatic rings. The number of fused-ring (bicyclic) bond motifs is 7. The molecule has 0 saturated carbocycles. The van der Waals surface area contributed by atoms with Crippen molar-refractivity contribution < 1.29 is 0 Å². The minimum atomic E-state index is 1.08. The number of benzene rings is 10. The van der Waals surface area contributed by atoms with Gasteiger partial charge in [0.15, 0.2) is 0 Å². The lowest BCUT2D eigenvalue weighted by molar-refractivity contribution is 1.17. The highest BCUT2D eigenvalue weighted by Gasteiger charge is 2.21. The van der Waals surface area contributed by atoms with Gasteiger partial charge in [0.1, 0.15) is 0 Å². The lowest BCUT2D eigenvalue weighted by Gasteiger charge is -2.29. The normalized spacial score (nSPS) is 11.6. The maximum absolute atomic E-state index is 2.44. The fourth-order valence-electron chi connectivity index (χ4n) is 9.44. The van der Waals surface area contributed by atoms with E-state index in [2.05, 4.69) is 240 Å². The summed E-state index contributed by atoms with van der Waals surface area (Å²) in [6.45, 7) is 0. The third-order valence-corrected chi connectivity index (χ3v) is 13.3. The molecule has 2 aromatic heterocycles. The number of thiophene rings is 1. The number of hydrogen-bond donors (Lipinski definition) is 0. The SMILES string of the molecule is c1cc(-c2ccc(N(c3cccc(-n4c5ccccc5c5ccccc54)c3)c3ccccc3-c3cccc4sc5ccccc5c34)cc2)cc(-c2cccc3ccccc23)c1. The highest BCUT2D eigenvalue weighted by Crippen LogP contribution is 2.47. The van der Waals surface area contributed by atoms with Crippen LogP contribution in [-0.2, 0) is 0 Å². The van der Waals surface area contributed by atoms with Crippen LogP contribution >= 0.6 is 11.3 Å². The molecule has 12 rings (SSSR count). The lowest BCUT2D eigenvalue weighted by atomic mass is 9.95. The molecule has 0 unspecified atom stereocenters. The first-order valence-corrected chi connectivity index (χ1v) is 21.7. The average Bonchev–Trinajstić information content (AvgIpc) is 3.88. The van der Waals surface area contributed by atoms with E-state index in [1.54, 1.807) is 0 Å². The smallest absolute Gasteiger partial charge is 0.0541 e. The van der Waals surface area contributed by atoms with E-state index in [9.17, 15) is 0 Å². The molecule has 0 bridgehead atoms. The molecule has 10 aromatic carbocycles. The highest BCUT2D eigenvalue weighted by atomic mass is 32.1. The second-order valence-electron chi connectivity index (χ2n) is 15.7. The molecule has 61 heavy (non-hydrogen) atoms. The van der Waals surface area contributed by atoms with Crippen molar-refractivity contribution in [2.75, 3.05) is 4.90 Å². The number of aromatic nitrogens is 1. The van der Waals surface area contributed by atoms with Crippen LogP contribution in [0.4, 0.5) is 17.1 Å².